The van der Waals surface area contributed by atoms with Gasteiger partial charge in [0, 0.05) is 10.6 Å². The lowest BCUT2D eigenvalue weighted by molar-refractivity contribution is 0.251. The SMILES string of the molecule is CSc1ccc(NCc2ccc(CSC(F)F)o2)cc1. The molecule has 0 aliphatic rings. The standard InChI is InChI=1S/C14H15F2NOS2/c1-19-13-6-2-10(3-7-13)17-8-11-4-5-12(18-11)9-20-14(15)16/h2-7,14,17H,8-9H2,1H3. The molecule has 1 N–H and O–H groups in total. The number of hydrogen-bond acceptors (Lipinski definition) is 4. The van der Waals surface area contributed by atoms with E-state index in [1.807, 2.05) is 36.6 Å². The van der Waals surface area contributed by atoms with Gasteiger partial charge in [-0.3, -0.25) is 0 Å². The summed E-state index contributed by atoms with van der Waals surface area (Å²) in [5.41, 5.74) is 1.00. The Hall–Kier alpha value is -1.14. The Balaban J connectivity index is 1.84. The quantitative estimate of drug-likeness (QED) is 0.721. The highest BCUT2D eigenvalue weighted by Crippen LogP contribution is 2.22. The van der Waals surface area contributed by atoms with Crippen molar-refractivity contribution in [3.05, 3.63) is 47.9 Å². The van der Waals surface area contributed by atoms with Crippen molar-refractivity contribution in [2.75, 3.05) is 11.6 Å². The third kappa shape index (κ3) is 4.76. The summed E-state index contributed by atoms with van der Waals surface area (Å²) in [6.07, 6.45) is 2.03. The highest BCUT2D eigenvalue weighted by Gasteiger charge is 2.07. The number of benzene rings is 1. The van der Waals surface area contributed by atoms with Crippen LogP contribution in [0, 0.1) is 0 Å². The van der Waals surface area contributed by atoms with Crippen LogP contribution in [0.4, 0.5) is 14.5 Å². The topological polar surface area (TPSA) is 25.2 Å². The Morgan fingerprint density at radius 1 is 1.10 bits per heavy atom. The number of hydrogen-bond donors (Lipinski definition) is 1. The first-order valence-electron chi connectivity index (χ1n) is 6.02. The molecule has 1 aromatic carbocycles. The van der Waals surface area contributed by atoms with E-state index in [4.69, 9.17) is 4.42 Å². The maximum Gasteiger partial charge on any atom is 0.284 e. The van der Waals surface area contributed by atoms with Gasteiger partial charge in [-0.05, 0) is 42.7 Å². The molecule has 108 valence electrons. The first kappa shape index (κ1) is 15.3. The van der Waals surface area contributed by atoms with Crippen LogP contribution in [-0.4, -0.2) is 12.0 Å². The second-order valence-electron chi connectivity index (χ2n) is 4.02. The van der Waals surface area contributed by atoms with Gasteiger partial charge in [-0.15, -0.1) is 11.8 Å². The predicted molar refractivity (Wildman–Crippen MR) is 81.6 cm³/mol. The van der Waals surface area contributed by atoms with Crippen molar-refractivity contribution in [1.82, 2.24) is 0 Å². The van der Waals surface area contributed by atoms with Gasteiger partial charge in [-0.25, -0.2) is 0 Å². The third-order valence-corrected chi connectivity index (χ3v) is 4.07. The monoisotopic (exact) mass is 315 g/mol. The van der Waals surface area contributed by atoms with Crippen LogP contribution < -0.4 is 5.32 Å². The summed E-state index contributed by atoms with van der Waals surface area (Å²) in [6, 6.07) is 11.6. The molecule has 0 aliphatic carbocycles. The van der Waals surface area contributed by atoms with Crippen LogP contribution in [0.5, 0.6) is 0 Å². The molecule has 0 aliphatic heterocycles. The molecule has 1 heterocycles. The predicted octanol–water partition coefficient (Wildman–Crippen LogP) is 5.07. The summed E-state index contributed by atoms with van der Waals surface area (Å²) >= 11 is 2.26. The molecular formula is C14H15F2NOS2. The number of furan rings is 1. The average molecular weight is 315 g/mol. The molecule has 0 amide bonds. The van der Waals surface area contributed by atoms with Crippen molar-refractivity contribution in [3.8, 4) is 0 Å². The highest BCUT2D eigenvalue weighted by atomic mass is 32.2. The molecule has 0 radical (unpaired) electrons. The van der Waals surface area contributed by atoms with E-state index in [9.17, 15) is 8.78 Å². The van der Waals surface area contributed by atoms with Gasteiger partial charge < -0.3 is 9.73 Å². The molecule has 0 fully saturated rings. The van der Waals surface area contributed by atoms with Crippen molar-refractivity contribution in [2.45, 2.75) is 23.0 Å². The fourth-order valence-corrected chi connectivity index (χ4v) is 2.49. The van der Waals surface area contributed by atoms with Crippen molar-refractivity contribution < 1.29 is 13.2 Å². The van der Waals surface area contributed by atoms with Crippen molar-refractivity contribution in [2.24, 2.45) is 0 Å². The van der Waals surface area contributed by atoms with E-state index in [1.54, 1.807) is 17.8 Å². The number of halogens is 2. The zero-order valence-corrected chi connectivity index (χ0v) is 12.6. The van der Waals surface area contributed by atoms with Gasteiger partial charge in [-0.2, -0.15) is 8.78 Å². The summed E-state index contributed by atoms with van der Waals surface area (Å²) in [7, 11) is 0. The smallest absolute Gasteiger partial charge is 0.284 e. The van der Waals surface area contributed by atoms with Gasteiger partial charge in [0.15, 0.2) is 0 Å². The minimum absolute atomic E-state index is 0.195. The van der Waals surface area contributed by atoms with Gasteiger partial charge in [0.25, 0.3) is 5.76 Å². The Morgan fingerprint density at radius 3 is 2.45 bits per heavy atom. The molecule has 0 saturated heterocycles. The minimum Gasteiger partial charge on any atom is -0.463 e. The van der Waals surface area contributed by atoms with Crippen LogP contribution in [0.1, 0.15) is 11.5 Å². The molecule has 0 spiro atoms. The molecule has 0 bridgehead atoms. The Bertz CT molecular complexity index is 528. The molecule has 2 nitrogen and oxygen atoms in total. The van der Waals surface area contributed by atoms with Crippen LogP contribution in [0.25, 0.3) is 0 Å². The van der Waals surface area contributed by atoms with E-state index in [-0.39, 0.29) is 5.75 Å². The lowest BCUT2D eigenvalue weighted by Crippen LogP contribution is -1.97. The first-order valence-corrected chi connectivity index (χ1v) is 8.30. The maximum atomic E-state index is 12.1. The number of rotatable bonds is 7. The molecule has 2 aromatic rings. The number of anilines is 1. The van der Waals surface area contributed by atoms with E-state index in [1.165, 1.54) is 4.90 Å². The Morgan fingerprint density at radius 2 is 1.80 bits per heavy atom. The van der Waals surface area contributed by atoms with E-state index < -0.39 is 5.76 Å². The number of thioether (sulfide) groups is 2. The molecule has 0 saturated carbocycles. The summed E-state index contributed by atoms with van der Waals surface area (Å²) in [5.74, 6) is -0.856. The molecular weight excluding hydrogens is 300 g/mol. The van der Waals surface area contributed by atoms with Crippen molar-refractivity contribution in [1.29, 1.82) is 0 Å². The van der Waals surface area contributed by atoms with E-state index in [0.29, 0.717) is 24.1 Å². The largest absolute Gasteiger partial charge is 0.463 e. The van der Waals surface area contributed by atoms with Gasteiger partial charge in [0.1, 0.15) is 11.5 Å². The second-order valence-corrected chi connectivity index (χ2v) is 5.88. The normalized spacial score (nSPS) is 11.0. The third-order valence-electron chi connectivity index (χ3n) is 2.63. The van der Waals surface area contributed by atoms with Gasteiger partial charge in [0.05, 0.1) is 12.3 Å². The molecule has 6 heteroatoms. The molecule has 2 rings (SSSR count). The van der Waals surface area contributed by atoms with E-state index >= 15 is 0 Å². The number of nitrogens with one attached hydrogen (secondary N) is 1. The zero-order chi connectivity index (χ0) is 14.4. The lowest BCUT2D eigenvalue weighted by atomic mass is 10.3. The van der Waals surface area contributed by atoms with Gasteiger partial charge in [-0.1, -0.05) is 11.8 Å². The van der Waals surface area contributed by atoms with Crippen molar-refractivity contribution in [3.63, 3.8) is 0 Å². The highest BCUT2D eigenvalue weighted by molar-refractivity contribution is 7.98. The molecule has 0 unspecified atom stereocenters. The Kier molecular flexibility index (Phi) is 5.79. The summed E-state index contributed by atoms with van der Waals surface area (Å²) in [5, 5.41) is 3.23. The van der Waals surface area contributed by atoms with Crippen molar-refractivity contribution >= 4 is 29.2 Å². The first-order chi connectivity index (χ1) is 9.67. The van der Waals surface area contributed by atoms with Gasteiger partial charge in [0.2, 0.25) is 0 Å². The van der Waals surface area contributed by atoms with Crippen LogP contribution in [0.15, 0.2) is 45.7 Å². The fraction of sp³-hybridized carbons (Fsp3) is 0.286. The molecule has 0 atom stereocenters. The zero-order valence-electron chi connectivity index (χ0n) is 10.9. The number of alkyl halides is 2. The average Bonchev–Trinajstić information content (AvgIpc) is 2.91. The molecule has 1 aromatic heterocycles. The van der Waals surface area contributed by atoms with Crippen LogP contribution in [0.3, 0.4) is 0 Å². The Labute approximate surface area is 125 Å². The van der Waals surface area contributed by atoms with Crippen LogP contribution >= 0.6 is 23.5 Å². The summed E-state index contributed by atoms with van der Waals surface area (Å²) in [6.45, 7) is 0.540. The molecule has 20 heavy (non-hydrogen) atoms. The fourth-order valence-electron chi connectivity index (χ4n) is 1.64. The summed E-state index contributed by atoms with van der Waals surface area (Å²) in [4.78, 5) is 1.21. The van der Waals surface area contributed by atoms with Crippen LogP contribution in [-0.2, 0) is 12.3 Å². The van der Waals surface area contributed by atoms with Gasteiger partial charge >= 0.3 is 0 Å². The van der Waals surface area contributed by atoms with Crippen LogP contribution in [0.2, 0.25) is 0 Å². The lowest BCUT2D eigenvalue weighted by Gasteiger charge is -2.05. The van der Waals surface area contributed by atoms with E-state index in [2.05, 4.69) is 5.32 Å². The maximum absolute atomic E-state index is 12.1. The minimum atomic E-state index is -2.36. The van der Waals surface area contributed by atoms with E-state index in [0.717, 1.165) is 11.4 Å². The summed E-state index contributed by atoms with van der Waals surface area (Å²) < 4.78 is 29.6. The second kappa shape index (κ2) is 7.59.